The van der Waals surface area contributed by atoms with E-state index < -0.39 is 0 Å². The normalized spacial score (nSPS) is 12.3. The molecule has 0 saturated carbocycles. The van der Waals surface area contributed by atoms with Gasteiger partial charge < -0.3 is 9.47 Å². The molecular weight excluding hydrogens is 284 g/mol. The van der Waals surface area contributed by atoms with Crippen LogP contribution in [0.1, 0.15) is 32.3 Å². The lowest BCUT2D eigenvalue weighted by molar-refractivity contribution is -0.137. The monoisotopic (exact) mass is 308 g/mol. The third-order valence-electron chi connectivity index (χ3n) is 2.93. The van der Waals surface area contributed by atoms with Gasteiger partial charge in [0, 0.05) is 17.1 Å². The molecule has 1 aromatic rings. The summed E-state index contributed by atoms with van der Waals surface area (Å²) in [5.41, 5.74) is 1.26. The molecule has 21 heavy (non-hydrogen) atoms. The molecule has 0 aromatic heterocycles. The highest BCUT2D eigenvalue weighted by Crippen LogP contribution is 2.23. The Morgan fingerprint density at radius 3 is 2.57 bits per heavy atom. The second-order valence-electron chi connectivity index (χ2n) is 4.60. The summed E-state index contributed by atoms with van der Waals surface area (Å²) in [6, 6.07) is 8.09. The minimum atomic E-state index is -0.261. The molecule has 0 spiro atoms. The molecule has 0 heterocycles. The largest absolute Gasteiger partial charge is 0.497 e. The zero-order valence-corrected chi connectivity index (χ0v) is 13.8. The van der Waals surface area contributed by atoms with Crippen molar-refractivity contribution in [3.63, 3.8) is 0 Å². The molecule has 0 aliphatic heterocycles. The first-order valence-corrected chi connectivity index (χ1v) is 8.34. The number of carbonyl (C=O) groups excluding carboxylic acids is 1. The van der Waals surface area contributed by atoms with Crippen LogP contribution in [0.2, 0.25) is 0 Å². The average Bonchev–Trinajstić information content (AvgIpc) is 2.51. The van der Waals surface area contributed by atoms with E-state index in [9.17, 15) is 4.79 Å². The van der Waals surface area contributed by atoms with Gasteiger partial charge in [-0.15, -0.1) is 11.8 Å². The highest BCUT2D eigenvalue weighted by atomic mass is 32.2. The van der Waals surface area contributed by atoms with Gasteiger partial charge in [-0.05, 0) is 31.0 Å². The van der Waals surface area contributed by atoms with Gasteiger partial charge in [-0.2, -0.15) is 0 Å². The average molecular weight is 308 g/mol. The van der Waals surface area contributed by atoms with Crippen molar-refractivity contribution in [2.75, 3.05) is 13.7 Å². The molecule has 0 bridgehead atoms. The zero-order valence-electron chi connectivity index (χ0n) is 13.0. The Labute approximate surface area is 131 Å². The minimum absolute atomic E-state index is 0.261. The van der Waals surface area contributed by atoms with Crippen molar-refractivity contribution < 1.29 is 14.3 Å². The predicted molar refractivity (Wildman–Crippen MR) is 88.8 cm³/mol. The first kappa shape index (κ1) is 17.6. The smallest absolute Gasteiger partial charge is 0.330 e. The van der Waals surface area contributed by atoms with E-state index >= 15 is 0 Å². The number of esters is 1. The molecule has 1 atom stereocenters. The molecule has 0 N–H and O–H groups in total. The van der Waals surface area contributed by atoms with E-state index in [0.717, 1.165) is 24.3 Å². The first-order valence-electron chi connectivity index (χ1n) is 7.29. The van der Waals surface area contributed by atoms with Crippen LogP contribution >= 0.6 is 11.8 Å². The van der Waals surface area contributed by atoms with E-state index in [2.05, 4.69) is 19.1 Å². The lowest BCUT2D eigenvalue weighted by Crippen LogP contribution is -2.03. The van der Waals surface area contributed by atoms with Crippen LogP contribution in [0.15, 0.2) is 36.4 Å². The number of benzene rings is 1. The molecule has 1 aromatic carbocycles. The summed E-state index contributed by atoms with van der Waals surface area (Å²) >= 11 is 1.84. The molecule has 0 unspecified atom stereocenters. The van der Waals surface area contributed by atoms with Gasteiger partial charge in [-0.1, -0.05) is 31.6 Å². The van der Waals surface area contributed by atoms with Gasteiger partial charge in [0.1, 0.15) is 5.75 Å². The summed E-state index contributed by atoms with van der Waals surface area (Å²) in [5.74, 6) is 1.53. The lowest BCUT2D eigenvalue weighted by atomic mass is 10.2. The van der Waals surface area contributed by atoms with Gasteiger partial charge in [-0.25, -0.2) is 4.79 Å². The molecular formula is C17H24O3S. The Bertz CT molecular complexity index is 440. The fourth-order valence-corrected chi connectivity index (χ4v) is 3.01. The number of hydrogen-bond donors (Lipinski definition) is 0. The van der Waals surface area contributed by atoms with Crippen LogP contribution in [0, 0.1) is 0 Å². The maximum Gasteiger partial charge on any atom is 0.330 e. The number of hydrogen-bond acceptors (Lipinski definition) is 4. The first-order chi connectivity index (χ1) is 10.2. The van der Waals surface area contributed by atoms with Crippen molar-refractivity contribution in [2.45, 2.75) is 37.7 Å². The molecule has 4 heteroatoms. The van der Waals surface area contributed by atoms with Crippen LogP contribution in [0.3, 0.4) is 0 Å². The van der Waals surface area contributed by atoms with Gasteiger partial charge in [0.2, 0.25) is 0 Å². The minimum Gasteiger partial charge on any atom is -0.497 e. The van der Waals surface area contributed by atoms with E-state index in [1.54, 1.807) is 13.2 Å². The maximum atomic E-state index is 11.4. The van der Waals surface area contributed by atoms with E-state index in [1.807, 2.05) is 36.9 Å². The maximum absolute atomic E-state index is 11.4. The molecule has 0 radical (unpaired) electrons. The van der Waals surface area contributed by atoms with Crippen molar-refractivity contribution >= 4 is 17.7 Å². The van der Waals surface area contributed by atoms with Crippen LogP contribution in [0.5, 0.6) is 5.75 Å². The van der Waals surface area contributed by atoms with Crippen LogP contribution in [-0.2, 0) is 15.3 Å². The molecule has 116 valence electrons. The van der Waals surface area contributed by atoms with Gasteiger partial charge in [-0.3, -0.25) is 0 Å². The van der Waals surface area contributed by atoms with E-state index in [0.29, 0.717) is 11.9 Å². The standard InChI is InChI=1S/C17H24O3S/c1-4-6-16(11-12-17(18)20-5-2)21-13-14-7-9-15(19-3)10-8-14/h7-12,16H,4-6,13H2,1-3H3/b12-11+/t16-/m0/s1. The molecule has 0 aliphatic rings. The fourth-order valence-electron chi connectivity index (χ4n) is 1.82. The molecule has 1 rings (SSSR count). The Hall–Kier alpha value is -1.42. The molecule has 0 aliphatic carbocycles. The third-order valence-corrected chi connectivity index (χ3v) is 4.25. The summed E-state index contributed by atoms with van der Waals surface area (Å²) < 4.78 is 10.1. The van der Waals surface area contributed by atoms with Crippen LogP contribution in [0.25, 0.3) is 0 Å². The summed E-state index contributed by atoms with van der Waals surface area (Å²) in [6.07, 6.45) is 5.64. The van der Waals surface area contributed by atoms with Crippen molar-refractivity contribution in [3.05, 3.63) is 42.0 Å². The highest BCUT2D eigenvalue weighted by Gasteiger charge is 2.06. The summed E-state index contributed by atoms with van der Waals surface area (Å²) in [5, 5.41) is 0.335. The molecule has 0 amide bonds. The predicted octanol–water partition coefficient (Wildman–Crippen LogP) is 4.22. The van der Waals surface area contributed by atoms with Crippen LogP contribution in [0.4, 0.5) is 0 Å². The molecule has 3 nitrogen and oxygen atoms in total. The fraction of sp³-hybridized carbons (Fsp3) is 0.471. The summed E-state index contributed by atoms with van der Waals surface area (Å²) in [4.78, 5) is 11.4. The van der Waals surface area contributed by atoms with Crippen molar-refractivity contribution in [2.24, 2.45) is 0 Å². The number of carbonyl (C=O) groups is 1. The van der Waals surface area contributed by atoms with Crippen LogP contribution < -0.4 is 4.74 Å². The highest BCUT2D eigenvalue weighted by molar-refractivity contribution is 7.99. The van der Waals surface area contributed by atoms with E-state index in [4.69, 9.17) is 9.47 Å². The quantitative estimate of drug-likeness (QED) is 0.505. The molecule has 0 fully saturated rings. The second-order valence-corrected chi connectivity index (χ2v) is 5.82. The Kier molecular flexibility index (Phi) is 8.67. The van der Waals surface area contributed by atoms with Gasteiger partial charge >= 0.3 is 5.97 Å². The molecule has 0 saturated heterocycles. The van der Waals surface area contributed by atoms with Gasteiger partial charge in [0.05, 0.1) is 13.7 Å². The second kappa shape index (κ2) is 10.3. The third kappa shape index (κ3) is 7.23. The summed E-state index contributed by atoms with van der Waals surface area (Å²) in [7, 11) is 1.67. The van der Waals surface area contributed by atoms with E-state index in [-0.39, 0.29) is 5.97 Å². The topological polar surface area (TPSA) is 35.5 Å². The van der Waals surface area contributed by atoms with Crippen LogP contribution in [-0.4, -0.2) is 24.9 Å². The van der Waals surface area contributed by atoms with Crippen molar-refractivity contribution in [1.29, 1.82) is 0 Å². The van der Waals surface area contributed by atoms with Gasteiger partial charge in [0.25, 0.3) is 0 Å². The zero-order chi connectivity index (χ0) is 15.5. The Morgan fingerprint density at radius 1 is 1.29 bits per heavy atom. The number of ether oxygens (including phenoxy) is 2. The SMILES string of the molecule is CCC[C@@H](/C=C/C(=O)OCC)SCc1ccc(OC)cc1. The number of rotatable bonds is 9. The summed E-state index contributed by atoms with van der Waals surface area (Å²) in [6.45, 7) is 4.38. The Morgan fingerprint density at radius 2 is 2.00 bits per heavy atom. The number of thioether (sulfide) groups is 1. The van der Waals surface area contributed by atoms with Gasteiger partial charge in [0.15, 0.2) is 0 Å². The van der Waals surface area contributed by atoms with Crippen molar-refractivity contribution in [1.82, 2.24) is 0 Å². The lowest BCUT2D eigenvalue weighted by Gasteiger charge is -2.11. The Balaban J connectivity index is 2.51. The number of methoxy groups -OCH3 is 1. The van der Waals surface area contributed by atoms with Crippen molar-refractivity contribution in [3.8, 4) is 5.75 Å². The van der Waals surface area contributed by atoms with E-state index in [1.165, 1.54) is 5.56 Å².